The fourth-order valence-electron chi connectivity index (χ4n) is 6.63. The van der Waals surface area contributed by atoms with Gasteiger partial charge in [-0.1, -0.05) is 23.7 Å². The summed E-state index contributed by atoms with van der Waals surface area (Å²) in [6.07, 6.45) is 2.80. The number of Topliss-reactive ketones (excluding diaryl/α,β-unsaturated/α-hetero) is 1. The minimum Gasteiger partial charge on any atom is -0.390 e. The number of likely N-dealkylation sites (tertiary alicyclic amines) is 1. The molecule has 3 aromatic rings. The molecule has 45 heavy (non-hydrogen) atoms. The highest BCUT2D eigenvalue weighted by Crippen LogP contribution is 2.42. The lowest BCUT2D eigenvalue weighted by molar-refractivity contribution is -0.127. The zero-order valence-electron chi connectivity index (χ0n) is 26.1. The maximum Gasteiger partial charge on any atom is 0.221 e. The van der Waals surface area contributed by atoms with E-state index in [2.05, 4.69) is 15.3 Å². The van der Waals surface area contributed by atoms with Gasteiger partial charge in [0.05, 0.1) is 23.3 Å². The molecule has 1 aliphatic heterocycles. The summed E-state index contributed by atoms with van der Waals surface area (Å²) in [4.78, 5) is 29.3. The number of hydrogen-bond donors (Lipinski definition) is 3. The molecule has 240 valence electrons. The predicted octanol–water partition coefficient (Wildman–Crippen LogP) is 6.05. The molecule has 0 unspecified atom stereocenters. The van der Waals surface area contributed by atoms with Gasteiger partial charge in [-0.3, -0.25) is 19.2 Å². The Morgan fingerprint density at radius 3 is 2.47 bits per heavy atom. The van der Waals surface area contributed by atoms with Crippen molar-refractivity contribution in [3.05, 3.63) is 76.4 Å². The Morgan fingerprint density at radius 1 is 1.13 bits per heavy atom. The van der Waals surface area contributed by atoms with Gasteiger partial charge in [-0.2, -0.15) is 5.10 Å². The van der Waals surface area contributed by atoms with Crippen molar-refractivity contribution >= 4 is 29.0 Å². The van der Waals surface area contributed by atoms with E-state index < -0.39 is 28.2 Å². The first-order valence-electron chi connectivity index (χ1n) is 15.2. The van der Waals surface area contributed by atoms with Gasteiger partial charge in [0.1, 0.15) is 17.3 Å². The Bertz CT molecular complexity index is 1620. The Labute approximate surface area is 267 Å². The van der Waals surface area contributed by atoms with E-state index in [0.29, 0.717) is 31.0 Å². The summed E-state index contributed by atoms with van der Waals surface area (Å²) in [6, 6.07) is 12.1. The second-order valence-corrected chi connectivity index (χ2v) is 14.0. The molecule has 1 aromatic heterocycles. The highest BCUT2D eigenvalue weighted by molar-refractivity contribution is 6.30. The number of hydrogen-bond acceptors (Lipinski definition) is 6. The van der Waals surface area contributed by atoms with Crippen molar-refractivity contribution in [3.63, 3.8) is 0 Å². The molecule has 11 heteroatoms. The van der Waals surface area contributed by atoms with Crippen LogP contribution in [0, 0.1) is 22.5 Å². The van der Waals surface area contributed by atoms with Crippen LogP contribution in [-0.4, -0.2) is 61.9 Å². The van der Waals surface area contributed by atoms with Crippen LogP contribution < -0.4 is 5.32 Å². The van der Waals surface area contributed by atoms with Crippen LogP contribution in [0.5, 0.6) is 0 Å². The summed E-state index contributed by atoms with van der Waals surface area (Å²) in [5, 5.41) is 27.5. The smallest absolute Gasteiger partial charge is 0.221 e. The van der Waals surface area contributed by atoms with E-state index in [-0.39, 0.29) is 53.2 Å². The van der Waals surface area contributed by atoms with Crippen molar-refractivity contribution in [1.82, 2.24) is 20.0 Å². The molecule has 1 aliphatic carbocycles. The molecule has 2 aromatic carbocycles. The number of ketones is 1. The first-order chi connectivity index (χ1) is 21.1. The van der Waals surface area contributed by atoms with E-state index >= 15 is 0 Å². The third-order valence-electron chi connectivity index (χ3n) is 9.41. The third kappa shape index (κ3) is 7.18. The number of halogens is 3. The molecule has 3 N–H and O–H groups in total. The van der Waals surface area contributed by atoms with E-state index in [9.17, 15) is 23.5 Å². The first-order valence-corrected chi connectivity index (χ1v) is 15.6. The fraction of sp³-hybridized carbons (Fsp3) is 0.471. The monoisotopic (exact) mass is 639 g/mol. The standard InChI is InChI=1S/C34H40ClF2N5O3/c1-32(2,21-6-5-7-22(35)14-21)39-31(44)18-34(19-42(20-34)24-10-12-33(3,45)13-11-24)30(38)17-29(43)28-16-27(40-41(28)4)25-9-8-23(36)15-26(25)37/h5-9,14-16,24,38,45H,10-13,17-20H2,1-4H3,(H,39,44). The van der Waals surface area contributed by atoms with Crippen LogP contribution in [0.4, 0.5) is 8.78 Å². The molecule has 2 fully saturated rings. The highest BCUT2D eigenvalue weighted by atomic mass is 35.5. The van der Waals surface area contributed by atoms with Crippen LogP contribution in [0.25, 0.3) is 11.3 Å². The largest absolute Gasteiger partial charge is 0.390 e. The zero-order chi connectivity index (χ0) is 32.7. The molecular formula is C34H40ClF2N5O3. The maximum absolute atomic E-state index is 14.4. The second kappa shape index (κ2) is 12.4. The summed E-state index contributed by atoms with van der Waals surface area (Å²) in [6.45, 7) is 6.54. The Balaban J connectivity index is 1.33. The summed E-state index contributed by atoms with van der Waals surface area (Å²) in [5.74, 6) is -2.12. The Kier molecular flexibility index (Phi) is 9.05. The highest BCUT2D eigenvalue weighted by Gasteiger charge is 2.51. The SMILES string of the molecule is Cn1nc(-c2ccc(F)cc2F)cc1C(=O)CC(=N)C1(CC(=O)NC(C)(C)c2cccc(Cl)c2)CN(C2CCC(C)(O)CC2)C1. The topological polar surface area (TPSA) is 111 Å². The van der Waals surface area contributed by atoms with Gasteiger partial charge in [-0.15, -0.1) is 0 Å². The van der Waals surface area contributed by atoms with Gasteiger partial charge in [-0.25, -0.2) is 8.78 Å². The van der Waals surface area contributed by atoms with E-state index in [1.807, 2.05) is 32.9 Å². The maximum atomic E-state index is 14.4. The lowest BCUT2D eigenvalue weighted by atomic mass is 9.69. The number of nitrogens with zero attached hydrogens (tertiary/aromatic N) is 3. The molecular weight excluding hydrogens is 600 g/mol. The van der Waals surface area contributed by atoms with E-state index in [1.54, 1.807) is 19.2 Å². The molecule has 0 spiro atoms. The number of aliphatic hydroxyl groups is 1. The van der Waals surface area contributed by atoms with Gasteiger partial charge in [0.25, 0.3) is 0 Å². The molecule has 0 atom stereocenters. The van der Waals surface area contributed by atoms with Gasteiger partial charge < -0.3 is 15.8 Å². The molecule has 5 rings (SSSR count). The van der Waals surface area contributed by atoms with E-state index in [0.717, 1.165) is 30.5 Å². The number of rotatable bonds is 10. The molecule has 2 heterocycles. The molecule has 1 saturated heterocycles. The summed E-state index contributed by atoms with van der Waals surface area (Å²) in [5.41, 5.74) is -0.819. The van der Waals surface area contributed by atoms with E-state index in [1.165, 1.54) is 16.8 Å². The minimum atomic E-state index is -0.853. The molecule has 1 saturated carbocycles. The van der Waals surface area contributed by atoms with Gasteiger partial charge >= 0.3 is 0 Å². The normalized spacial score (nSPS) is 21.6. The number of carbonyl (C=O) groups is 2. The summed E-state index contributed by atoms with van der Waals surface area (Å²) in [7, 11) is 1.56. The van der Waals surface area contributed by atoms with Crippen LogP contribution in [0.3, 0.4) is 0 Å². The van der Waals surface area contributed by atoms with E-state index in [4.69, 9.17) is 17.0 Å². The van der Waals surface area contributed by atoms with Gasteiger partial charge in [-0.05, 0) is 82.3 Å². The van der Waals surface area contributed by atoms with Crippen molar-refractivity contribution in [2.45, 2.75) is 76.5 Å². The van der Waals surface area contributed by atoms with Crippen LogP contribution in [0.2, 0.25) is 5.02 Å². The van der Waals surface area contributed by atoms with Crippen molar-refractivity contribution in [3.8, 4) is 11.3 Å². The number of benzene rings is 2. The first kappa shape index (κ1) is 32.9. The zero-order valence-corrected chi connectivity index (χ0v) is 26.8. The minimum absolute atomic E-state index is 0.0292. The number of amides is 1. The van der Waals surface area contributed by atoms with Crippen molar-refractivity contribution < 1.29 is 23.5 Å². The number of nitrogens with one attached hydrogen (secondary N) is 2. The van der Waals surface area contributed by atoms with Gasteiger partial charge in [0, 0.05) is 60.4 Å². The fourth-order valence-corrected chi connectivity index (χ4v) is 6.82. The van der Waals surface area contributed by atoms with Crippen molar-refractivity contribution in [1.29, 1.82) is 5.41 Å². The summed E-state index contributed by atoms with van der Waals surface area (Å²) >= 11 is 6.20. The summed E-state index contributed by atoms with van der Waals surface area (Å²) < 4.78 is 29.2. The van der Waals surface area contributed by atoms with Crippen molar-refractivity contribution in [2.24, 2.45) is 12.5 Å². The average Bonchev–Trinajstić information content (AvgIpc) is 3.31. The number of aromatic nitrogens is 2. The Morgan fingerprint density at radius 2 is 1.82 bits per heavy atom. The molecule has 8 nitrogen and oxygen atoms in total. The predicted molar refractivity (Wildman–Crippen MR) is 169 cm³/mol. The second-order valence-electron chi connectivity index (χ2n) is 13.5. The molecule has 2 aliphatic rings. The number of aryl methyl sites for hydroxylation is 1. The molecule has 0 radical (unpaired) electrons. The van der Waals surface area contributed by atoms with Crippen molar-refractivity contribution in [2.75, 3.05) is 13.1 Å². The lowest BCUT2D eigenvalue weighted by Gasteiger charge is -2.55. The Hall–Kier alpha value is -3.47. The lowest BCUT2D eigenvalue weighted by Crippen LogP contribution is -2.65. The van der Waals surface area contributed by atoms with Crippen LogP contribution in [0.1, 0.15) is 75.3 Å². The van der Waals surface area contributed by atoms with Gasteiger partial charge in [0.15, 0.2) is 5.78 Å². The van der Waals surface area contributed by atoms with Crippen LogP contribution >= 0.6 is 11.6 Å². The van der Waals surface area contributed by atoms with Gasteiger partial charge in [0.2, 0.25) is 5.91 Å². The van der Waals surface area contributed by atoms with Crippen LogP contribution in [0.15, 0.2) is 48.5 Å². The third-order valence-corrected chi connectivity index (χ3v) is 9.64. The number of carbonyl (C=O) groups excluding carboxylic acids is 2. The quantitative estimate of drug-likeness (QED) is 0.185. The molecule has 0 bridgehead atoms. The van der Waals surface area contributed by atoms with Crippen LogP contribution in [-0.2, 0) is 17.4 Å². The molecule has 1 amide bonds. The average molecular weight is 640 g/mol.